The minimum Gasteiger partial charge on any atom is -0.392 e. The van der Waals surface area contributed by atoms with Crippen molar-refractivity contribution in [1.29, 1.82) is 0 Å². The lowest BCUT2D eigenvalue weighted by Crippen LogP contribution is -1.88. The molecule has 0 fully saturated rings. The van der Waals surface area contributed by atoms with Crippen LogP contribution in [-0.2, 0) is 0 Å². The molecule has 1 N–H and O–H groups in total. The second-order valence-electron chi connectivity index (χ2n) is 3.01. The normalized spacial score (nSPS) is 12.3. The molecular formula is C12H20O. The third-order valence-corrected chi connectivity index (χ3v) is 1.86. The smallest absolute Gasteiger partial charge is 0.0644 e. The van der Waals surface area contributed by atoms with Crippen molar-refractivity contribution >= 4 is 0 Å². The molecule has 0 amide bonds. The van der Waals surface area contributed by atoms with Crippen LogP contribution in [0.15, 0.2) is 36.5 Å². The van der Waals surface area contributed by atoms with Crippen molar-refractivity contribution in [2.24, 2.45) is 0 Å². The lowest BCUT2D eigenvalue weighted by Gasteiger charge is -1.99. The number of rotatable bonds is 7. The van der Waals surface area contributed by atoms with E-state index >= 15 is 0 Å². The Morgan fingerprint density at radius 1 is 1.38 bits per heavy atom. The largest absolute Gasteiger partial charge is 0.392 e. The fraction of sp³-hybridized carbons (Fsp3) is 0.500. The molecule has 0 rings (SSSR count). The lowest BCUT2D eigenvalue weighted by atomic mass is 10.1. The molecule has 0 bridgehead atoms. The topological polar surface area (TPSA) is 20.2 Å². The van der Waals surface area contributed by atoms with Gasteiger partial charge in [-0.1, -0.05) is 24.3 Å². The molecule has 1 heteroatoms. The first-order valence-corrected chi connectivity index (χ1v) is 4.86. The van der Waals surface area contributed by atoms with Crippen molar-refractivity contribution in [2.45, 2.75) is 32.6 Å². The highest BCUT2D eigenvalue weighted by Gasteiger charge is 1.91. The summed E-state index contributed by atoms with van der Waals surface area (Å²) in [6.45, 7) is 5.84. The van der Waals surface area contributed by atoms with E-state index in [1.165, 1.54) is 0 Å². The first-order valence-electron chi connectivity index (χ1n) is 4.86. The molecule has 0 aliphatic heterocycles. The van der Waals surface area contributed by atoms with Gasteiger partial charge in [-0.15, -0.1) is 6.58 Å². The number of hydrogen-bond donors (Lipinski definition) is 1. The van der Waals surface area contributed by atoms with E-state index in [1.807, 2.05) is 19.1 Å². The van der Waals surface area contributed by atoms with Gasteiger partial charge in [-0.05, 0) is 38.2 Å². The van der Waals surface area contributed by atoms with E-state index in [0.29, 0.717) is 0 Å². The summed E-state index contributed by atoms with van der Waals surface area (Å²) < 4.78 is 0. The maximum absolute atomic E-state index is 8.99. The van der Waals surface area contributed by atoms with E-state index in [1.54, 1.807) is 0 Å². The van der Waals surface area contributed by atoms with Crippen molar-refractivity contribution in [1.82, 2.24) is 0 Å². The Morgan fingerprint density at radius 3 is 2.69 bits per heavy atom. The molecule has 0 atom stereocenters. The Morgan fingerprint density at radius 2 is 2.15 bits per heavy atom. The summed E-state index contributed by atoms with van der Waals surface area (Å²) in [5.41, 5.74) is 1.11. The van der Waals surface area contributed by atoms with Crippen LogP contribution in [0.3, 0.4) is 0 Å². The second kappa shape index (κ2) is 9.27. The molecule has 1 nitrogen and oxygen atoms in total. The minimum atomic E-state index is 0.179. The fourth-order valence-corrected chi connectivity index (χ4v) is 1.05. The van der Waals surface area contributed by atoms with Crippen LogP contribution < -0.4 is 0 Å². The van der Waals surface area contributed by atoms with E-state index in [2.05, 4.69) is 18.7 Å². The average Bonchev–Trinajstić information content (AvgIpc) is 2.17. The second-order valence-corrected chi connectivity index (χ2v) is 3.01. The van der Waals surface area contributed by atoms with Gasteiger partial charge in [0.05, 0.1) is 6.61 Å². The predicted octanol–water partition coefficient (Wildman–Crippen LogP) is 3.23. The van der Waals surface area contributed by atoms with Crippen LogP contribution in [0.4, 0.5) is 0 Å². The molecular weight excluding hydrogens is 160 g/mol. The molecule has 0 aromatic rings. The molecule has 0 heterocycles. The summed E-state index contributed by atoms with van der Waals surface area (Å²) in [6.07, 6.45) is 12.2. The highest BCUT2D eigenvalue weighted by atomic mass is 16.3. The fourth-order valence-electron chi connectivity index (χ4n) is 1.05. The van der Waals surface area contributed by atoms with Crippen LogP contribution in [0.2, 0.25) is 0 Å². The maximum atomic E-state index is 8.99. The molecule has 0 aliphatic carbocycles. The number of aliphatic hydroxyl groups excluding tert-OH is 1. The Bertz CT molecular complexity index is 178. The summed E-state index contributed by atoms with van der Waals surface area (Å²) >= 11 is 0. The minimum absolute atomic E-state index is 0.179. The number of aliphatic hydroxyl groups is 1. The van der Waals surface area contributed by atoms with Gasteiger partial charge in [0.15, 0.2) is 0 Å². The Hall–Kier alpha value is -0.820. The zero-order valence-electron chi connectivity index (χ0n) is 8.50. The Kier molecular flexibility index (Phi) is 8.68. The molecule has 0 unspecified atom stereocenters. The summed E-state index contributed by atoms with van der Waals surface area (Å²) in [5, 5.41) is 8.99. The van der Waals surface area contributed by atoms with Gasteiger partial charge >= 0.3 is 0 Å². The van der Waals surface area contributed by atoms with E-state index in [0.717, 1.165) is 31.3 Å². The summed E-state index contributed by atoms with van der Waals surface area (Å²) in [7, 11) is 0. The molecule has 0 aromatic heterocycles. The van der Waals surface area contributed by atoms with Gasteiger partial charge in [-0.25, -0.2) is 0 Å². The number of hydrogen-bond acceptors (Lipinski definition) is 1. The standard InChI is InChI=1S/C12H20O/c1-3-5-7-8-10-12(11-13)9-6-4-2/h3-4,6,10,13H,1,5,7-9,11H2,2H3. The highest BCUT2D eigenvalue weighted by Crippen LogP contribution is 2.06. The predicted molar refractivity (Wildman–Crippen MR) is 58.6 cm³/mol. The van der Waals surface area contributed by atoms with Gasteiger partial charge in [-0.2, -0.15) is 0 Å². The van der Waals surface area contributed by atoms with Crippen LogP contribution in [0, 0.1) is 0 Å². The van der Waals surface area contributed by atoms with Crippen molar-refractivity contribution in [2.75, 3.05) is 6.61 Å². The number of unbranched alkanes of at least 4 members (excludes halogenated alkanes) is 2. The molecule has 0 saturated heterocycles. The van der Waals surface area contributed by atoms with Crippen molar-refractivity contribution in [3.05, 3.63) is 36.5 Å². The summed E-state index contributed by atoms with van der Waals surface area (Å²) in [4.78, 5) is 0. The van der Waals surface area contributed by atoms with Gasteiger partial charge in [0.1, 0.15) is 0 Å². The SMILES string of the molecule is C=CCCCC=C(CO)CC=CC. The highest BCUT2D eigenvalue weighted by molar-refractivity contribution is 5.07. The van der Waals surface area contributed by atoms with E-state index in [9.17, 15) is 0 Å². The zero-order chi connectivity index (χ0) is 9.94. The average molecular weight is 180 g/mol. The molecule has 0 aromatic carbocycles. The molecule has 0 radical (unpaired) electrons. The van der Waals surface area contributed by atoms with Crippen LogP contribution in [0.25, 0.3) is 0 Å². The molecule has 0 spiro atoms. The quantitative estimate of drug-likeness (QED) is 0.471. The van der Waals surface area contributed by atoms with Crippen LogP contribution >= 0.6 is 0 Å². The van der Waals surface area contributed by atoms with Crippen molar-refractivity contribution in [3.8, 4) is 0 Å². The van der Waals surface area contributed by atoms with Crippen LogP contribution in [0.5, 0.6) is 0 Å². The van der Waals surface area contributed by atoms with Gasteiger partial charge in [0.25, 0.3) is 0 Å². The monoisotopic (exact) mass is 180 g/mol. The molecule has 0 aliphatic rings. The van der Waals surface area contributed by atoms with E-state index in [-0.39, 0.29) is 6.61 Å². The third kappa shape index (κ3) is 7.54. The van der Waals surface area contributed by atoms with Gasteiger partial charge in [0.2, 0.25) is 0 Å². The summed E-state index contributed by atoms with van der Waals surface area (Å²) in [6, 6.07) is 0. The lowest BCUT2D eigenvalue weighted by molar-refractivity contribution is 0.328. The third-order valence-electron chi connectivity index (χ3n) is 1.86. The van der Waals surface area contributed by atoms with Crippen molar-refractivity contribution < 1.29 is 5.11 Å². The molecule has 0 saturated carbocycles. The van der Waals surface area contributed by atoms with Crippen LogP contribution in [-0.4, -0.2) is 11.7 Å². The Labute approximate surface area is 81.5 Å². The van der Waals surface area contributed by atoms with Gasteiger partial charge < -0.3 is 5.11 Å². The Balaban J connectivity index is 3.70. The van der Waals surface area contributed by atoms with Gasteiger partial charge in [0, 0.05) is 0 Å². The molecule has 13 heavy (non-hydrogen) atoms. The van der Waals surface area contributed by atoms with E-state index < -0.39 is 0 Å². The zero-order valence-corrected chi connectivity index (χ0v) is 8.50. The summed E-state index contributed by atoms with van der Waals surface area (Å²) in [5.74, 6) is 0. The van der Waals surface area contributed by atoms with Crippen LogP contribution in [0.1, 0.15) is 32.6 Å². The first kappa shape index (κ1) is 12.2. The number of allylic oxidation sites excluding steroid dienone is 4. The molecule has 74 valence electrons. The van der Waals surface area contributed by atoms with E-state index in [4.69, 9.17) is 5.11 Å². The first-order chi connectivity index (χ1) is 6.35. The van der Waals surface area contributed by atoms with Crippen molar-refractivity contribution in [3.63, 3.8) is 0 Å². The maximum Gasteiger partial charge on any atom is 0.0644 e. The van der Waals surface area contributed by atoms with Gasteiger partial charge in [-0.3, -0.25) is 0 Å².